The summed E-state index contributed by atoms with van der Waals surface area (Å²) < 4.78 is 144. The van der Waals surface area contributed by atoms with Crippen LogP contribution in [-0.2, 0) is 29.8 Å². The van der Waals surface area contributed by atoms with Gasteiger partial charge in [0.25, 0.3) is 0 Å². The summed E-state index contributed by atoms with van der Waals surface area (Å²) in [5, 5.41) is 19.1. The molecule has 3 rings (SSSR count). The first-order valence-electron chi connectivity index (χ1n) is 7.80. The van der Waals surface area contributed by atoms with E-state index in [4.69, 9.17) is 0 Å². The molecule has 0 amide bonds. The van der Waals surface area contributed by atoms with Gasteiger partial charge in [-0.2, -0.15) is 43.2 Å². The predicted octanol–water partition coefficient (Wildman–Crippen LogP) is 2.79. The van der Waals surface area contributed by atoms with Crippen LogP contribution in [0, 0.1) is 0 Å². The second-order valence-electron chi connectivity index (χ2n) is 6.13. The number of hydrogen-bond donors (Lipinski definition) is 2. The van der Waals surface area contributed by atoms with Crippen molar-refractivity contribution in [1.82, 2.24) is 0 Å². The highest BCUT2D eigenvalue weighted by Crippen LogP contribution is 2.60. The van der Waals surface area contributed by atoms with Crippen LogP contribution in [0.3, 0.4) is 0 Å². The molecule has 32 heavy (non-hydrogen) atoms. The van der Waals surface area contributed by atoms with E-state index in [9.17, 15) is 53.4 Å². The Morgan fingerprint density at radius 1 is 0.688 bits per heavy atom. The van der Waals surface area contributed by atoms with Crippen molar-refractivity contribution in [3.63, 3.8) is 0 Å². The monoisotopic (exact) mass is 510 g/mol. The SMILES string of the molecule is O=S1(=O)Oc2c(O)ccc(C(c3ccc(O)cc3)(C(F)(F)F)C(F)(F)F)c2OS(=O)(=O)O1. The minimum Gasteiger partial charge on any atom is -0.508 e. The maximum atomic E-state index is 14.2. The maximum Gasteiger partial charge on any atom is 0.466 e. The van der Waals surface area contributed by atoms with E-state index in [0.717, 1.165) is 0 Å². The summed E-state index contributed by atoms with van der Waals surface area (Å²) >= 11 is 0. The minimum atomic E-state index is -6.26. The number of hydrogen-bond acceptors (Lipinski definition) is 9. The Labute approximate surface area is 175 Å². The van der Waals surface area contributed by atoms with Crippen LogP contribution in [0.5, 0.6) is 23.0 Å². The van der Waals surface area contributed by atoms with Gasteiger partial charge < -0.3 is 18.6 Å². The molecule has 0 saturated heterocycles. The molecule has 9 nitrogen and oxygen atoms in total. The van der Waals surface area contributed by atoms with Gasteiger partial charge in [-0.3, -0.25) is 0 Å². The third-order valence-corrected chi connectivity index (χ3v) is 6.26. The first-order valence-corrected chi connectivity index (χ1v) is 10.5. The van der Waals surface area contributed by atoms with Crippen molar-refractivity contribution in [3.8, 4) is 23.0 Å². The van der Waals surface area contributed by atoms with Crippen molar-refractivity contribution >= 4 is 20.8 Å². The molecule has 0 saturated carbocycles. The van der Waals surface area contributed by atoms with Crippen LogP contribution in [0.25, 0.3) is 0 Å². The van der Waals surface area contributed by atoms with Gasteiger partial charge in [0.1, 0.15) is 5.75 Å². The Morgan fingerprint density at radius 3 is 1.62 bits per heavy atom. The summed E-state index contributed by atoms with van der Waals surface area (Å²) in [6, 6.07) is 1.75. The van der Waals surface area contributed by atoms with E-state index in [-0.39, 0.29) is 24.3 Å². The quantitative estimate of drug-likeness (QED) is 0.585. The van der Waals surface area contributed by atoms with Crippen LogP contribution in [0.1, 0.15) is 11.1 Å². The fraction of sp³-hybridized carbons (Fsp3) is 0.200. The lowest BCUT2D eigenvalue weighted by Crippen LogP contribution is -2.55. The van der Waals surface area contributed by atoms with Crippen LogP contribution in [0.4, 0.5) is 26.3 Å². The lowest BCUT2D eigenvalue weighted by molar-refractivity contribution is -0.288. The highest BCUT2D eigenvalue weighted by atomic mass is 32.3. The number of halogens is 6. The van der Waals surface area contributed by atoms with E-state index >= 15 is 0 Å². The normalized spacial score (nSPS) is 18.1. The van der Waals surface area contributed by atoms with E-state index < -0.39 is 72.7 Å². The molecular formula is C15H8F6O9S2. The van der Waals surface area contributed by atoms with E-state index in [1.54, 1.807) is 0 Å². The highest BCUT2D eigenvalue weighted by molar-refractivity contribution is 7.95. The van der Waals surface area contributed by atoms with Crippen molar-refractivity contribution in [2.45, 2.75) is 17.8 Å². The third kappa shape index (κ3) is 3.75. The van der Waals surface area contributed by atoms with Gasteiger partial charge in [0, 0.05) is 5.56 Å². The van der Waals surface area contributed by atoms with Gasteiger partial charge in [0.05, 0.1) is 0 Å². The second-order valence-corrected chi connectivity index (χ2v) is 8.64. The minimum absolute atomic E-state index is 0.0266. The molecule has 0 atom stereocenters. The van der Waals surface area contributed by atoms with Crippen molar-refractivity contribution in [3.05, 3.63) is 47.5 Å². The number of benzene rings is 2. The zero-order chi connectivity index (χ0) is 24.3. The molecule has 1 aliphatic rings. The molecule has 2 aromatic rings. The van der Waals surface area contributed by atoms with E-state index in [0.29, 0.717) is 12.1 Å². The number of alkyl halides is 6. The average Bonchev–Trinajstić information content (AvgIpc) is 2.68. The molecular weight excluding hydrogens is 502 g/mol. The van der Waals surface area contributed by atoms with Gasteiger partial charge >= 0.3 is 33.2 Å². The first-order chi connectivity index (χ1) is 14.4. The first kappa shape index (κ1) is 23.7. The second kappa shape index (κ2) is 7.04. The van der Waals surface area contributed by atoms with E-state index in [1.807, 2.05) is 0 Å². The van der Waals surface area contributed by atoms with Crippen LogP contribution in [0.2, 0.25) is 0 Å². The fourth-order valence-corrected chi connectivity index (χ4v) is 4.78. The van der Waals surface area contributed by atoms with Gasteiger partial charge in [0.2, 0.25) is 11.2 Å². The Balaban J connectivity index is 2.55. The van der Waals surface area contributed by atoms with Crippen molar-refractivity contribution in [1.29, 1.82) is 0 Å². The summed E-state index contributed by atoms with van der Waals surface area (Å²) in [6.07, 6.45) is -12.5. The van der Waals surface area contributed by atoms with Crippen LogP contribution in [0.15, 0.2) is 36.4 Å². The number of phenols is 2. The van der Waals surface area contributed by atoms with Crippen molar-refractivity contribution in [2.75, 3.05) is 0 Å². The molecule has 17 heteroatoms. The third-order valence-electron chi connectivity index (χ3n) is 4.18. The molecule has 0 unspecified atom stereocenters. The number of fused-ring (bicyclic) bond motifs is 1. The lowest BCUT2D eigenvalue weighted by atomic mass is 9.72. The van der Waals surface area contributed by atoms with E-state index in [2.05, 4.69) is 12.0 Å². The Kier molecular flexibility index (Phi) is 5.22. The zero-order valence-electron chi connectivity index (χ0n) is 14.8. The Bertz CT molecular complexity index is 1250. The molecule has 1 heterocycles. The predicted molar refractivity (Wildman–Crippen MR) is 89.3 cm³/mol. The lowest BCUT2D eigenvalue weighted by Gasteiger charge is -2.38. The molecule has 0 aliphatic carbocycles. The van der Waals surface area contributed by atoms with Gasteiger partial charge in [-0.1, -0.05) is 15.8 Å². The van der Waals surface area contributed by atoms with Gasteiger partial charge in [0.15, 0.2) is 11.5 Å². The van der Waals surface area contributed by atoms with Crippen LogP contribution in [-0.4, -0.2) is 39.4 Å². The number of rotatable bonds is 2. The Morgan fingerprint density at radius 2 is 1.16 bits per heavy atom. The van der Waals surface area contributed by atoms with Crippen molar-refractivity contribution in [2.24, 2.45) is 0 Å². The fourth-order valence-electron chi connectivity index (χ4n) is 3.01. The summed E-state index contributed by atoms with van der Waals surface area (Å²) in [5.74, 6) is -5.70. The topological polar surface area (TPSA) is 136 Å². The van der Waals surface area contributed by atoms with E-state index in [1.165, 1.54) is 0 Å². The number of aromatic hydroxyl groups is 2. The summed E-state index contributed by atoms with van der Waals surface area (Å²) in [7, 11) is -11.5. The molecule has 1 aliphatic heterocycles. The summed E-state index contributed by atoms with van der Waals surface area (Å²) in [5.41, 5.74) is -8.60. The molecule has 176 valence electrons. The Hall–Kier alpha value is -2.92. The van der Waals surface area contributed by atoms with Crippen LogP contribution < -0.4 is 8.37 Å². The van der Waals surface area contributed by atoms with Gasteiger partial charge in [-0.25, -0.2) is 0 Å². The summed E-state index contributed by atoms with van der Waals surface area (Å²) in [6.45, 7) is 0. The maximum absolute atomic E-state index is 14.2. The molecule has 2 aromatic carbocycles. The molecule has 0 bridgehead atoms. The molecule has 0 fully saturated rings. The largest absolute Gasteiger partial charge is 0.508 e. The number of phenolic OH excluding ortho intramolecular Hbond substituents is 2. The van der Waals surface area contributed by atoms with Gasteiger partial charge in [-0.15, -0.1) is 0 Å². The average molecular weight is 510 g/mol. The van der Waals surface area contributed by atoms with Crippen molar-refractivity contribution < 1.29 is 65.4 Å². The standard InChI is InChI=1S/C15H8F6O9S2/c16-14(17,18)13(15(19,20)21,7-1-3-8(22)4-2-7)9-5-6-10(23)12-11(9)28-31(24,25)30-32(26,27)29-12/h1-6,22-23H. The molecule has 2 N–H and O–H groups in total. The molecule has 0 aromatic heterocycles. The summed E-state index contributed by atoms with van der Waals surface area (Å²) in [4.78, 5) is 0. The molecule has 0 spiro atoms. The van der Waals surface area contributed by atoms with Crippen LogP contribution >= 0.6 is 0 Å². The smallest absolute Gasteiger partial charge is 0.466 e. The highest BCUT2D eigenvalue weighted by Gasteiger charge is 2.74. The molecule has 0 radical (unpaired) electrons. The van der Waals surface area contributed by atoms with Gasteiger partial charge in [-0.05, 0) is 29.8 Å². The zero-order valence-corrected chi connectivity index (χ0v) is 16.4.